The van der Waals surface area contributed by atoms with Crippen LogP contribution >= 0.6 is 11.8 Å². The highest BCUT2D eigenvalue weighted by atomic mass is 32.2. The zero-order valence-electron chi connectivity index (χ0n) is 9.28. The first-order chi connectivity index (χ1) is 7.27. The van der Waals surface area contributed by atoms with Crippen LogP contribution in [0.1, 0.15) is 36.4 Å². The third-order valence-corrected chi connectivity index (χ3v) is 4.56. The molecule has 2 unspecified atom stereocenters. The first-order valence-corrected chi connectivity index (χ1v) is 6.76. The van der Waals surface area contributed by atoms with Crippen molar-refractivity contribution in [1.82, 2.24) is 0 Å². The van der Waals surface area contributed by atoms with Gasteiger partial charge in [0, 0.05) is 11.3 Å². The number of rotatable bonds is 2. The lowest BCUT2D eigenvalue weighted by molar-refractivity contribution is 0.582. The van der Waals surface area contributed by atoms with Crippen molar-refractivity contribution in [3.8, 4) is 0 Å². The molecule has 82 valence electrons. The lowest BCUT2D eigenvalue weighted by Gasteiger charge is -2.27. The van der Waals surface area contributed by atoms with Crippen molar-refractivity contribution in [1.29, 1.82) is 0 Å². The number of hydrogen-bond acceptors (Lipinski definition) is 2. The van der Waals surface area contributed by atoms with E-state index in [-0.39, 0.29) is 6.04 Å². The van der Waals surface area contributed by atoms with Crippen LogP contribution in [0.25, 0.3) is 0 Å². The summed E-state index contributed by atoms with van der Waals surface area (Å²) in [5, 5.41) is 0.626. The van der Waals surface area contributed by atoms with Crippen LogP contribution in [0.4, 0.5) is 0 Å². The van der Waals surface area contributed by atoms with Crippen LogP contribution in [-0.2, 0) is 0 Å². The molecule has 1 aromatic rings. The van der Waals surface area contributed by atoms with Gasteiger partial charge in [-0.1, -0.05) is 36.2 Å². The zero-order chi connectivity index (χ0) is 10.7. The second kappa shape index (κ2) is 5.04. The van der Waals surface area contributed by atoms with Gasteiger partial charge in [-0.15, -0.1) is 0 Å². The number of benzene rings is 1. The summed E-state index contributed by atoms with van der Waals surface area (Å²) in [6.07, 6.45) is 3.98. The quantitative estimate of drug-likeness (QED) is 0.829. The molecular weight excluding hydrogens is 202 g/mol. The van der Waals surface area contributed by atoms with Crippen molar-refractivity contribution >= 4 is 11.8 Å². The summed E-state index contributed by atoms with van der Waals surface area (Å²) in [4.78, 5) is 0. The van der Waals surface area contributed by atoms with Crippen molar-refractivity contribution in [3.05, 3.63) is 35.4 Å². The van der Waals surface area contributed by atoms with Crippen molar-refractivity contribution in [2.75, 3.05) is 5.75 Å². The molecular formula is C13H19NS. The minimum Gasteiger partial charge on any atom is -0.323 e. The Bertz CT molecular complexity index is 301. The van der Waals surface area contributed by atoms with E-state index in [0.717, 1.165) is 0 Å². The van der Waals surface area contributed by atoms with Gasteiger partial charge in [-0.3, -0.25) is 0 Å². The van der Waals surface area contributed by atoms with Crippen molar-refractivity contribution in [2.24, 2.45) is 5.73 Å². The summed E-state index contributed by atoms with van der Waals surface area (Å²) in [6.45, 7) is 2.12. The Balaban J connectivity index is 2.05. The van der Waals surface area contributed by atoms with Gasteiger partial charge >= 0.3 is 0 Å². The van der Waals surface area contributed by atoms with Gasteiger partial charge in [-0.25, -0.2) is 0 Å². The topological polar surface area (TPSA) is 26.0 Å². The van der Waals surface area contributed by atoms with Crippen LogP contribution in [0, 0.1) is 6.92 Å². The summed E-state index contributed by atoms with van der Waals surface area (Å²) < 4.78 is 0. The largest absolute Gasteiger partial charge is 0.323 e. The Hall–Kier alpha value is -0.470. The predicted octanol–water partition coefficient (Wildman–Crippen LogP) is 3.28. The van der Waals surface area contributed by atoms with Crippen molar-refractivity contribution < 1.29 is 0 Å². The highest BCUT2D eigenvalue weighted by molar-refractivity contribution is 8.00. The maximum Gasteiger partial charge on any atom is 0.0415 e. The molecule has 0 saturated carbocycles. The lowest BCUT2D eigenvalue weighted by Crippen LogP contribution is -2.26. The Kier molecular flexibility index (Phi) is 3.71. The second-order valence-electron chi connectivity index (χ2n) is 4.34. The zero-order valence-corrected chi connectivity index (χ0v) is 10.1. The minimum atomic E-state index is 0.218. The average Bonchev–Trinajstić information content (AvgIpc) is 2.30. The number of hydrogen-bond donors (Lipinski definition) is 1. The molecule has 0 amide bonds. The molecule has 15 heavy (non-hydrogen) atoms. The standard InChI is InChI=1S/C13H19NS/c1-10-5-7-11(8-6-10)13(14)12-4-2-3-9-15-12/h5-8,12-13H,2-4,9,14H2,1H3. The molecule has 2 atom stereocenters. The number of aryl methyl sites for hydroxylation is 1. The molecule has 0 bridgehead atoms. The van der Waals surface area contributed by atoms with E-state index >= 15 is 0 Å². The molecule has 0 radical (unpaired) electrons. The summed E-state index contributed by atoms with van der Waals surface area (Å²) >= 11 is 2.05. The smallest absolute Gasteiger partial charge is 0.0415 e. The maximum atomic E-state index is 6.30. The van der Waals surface area contributed by atoms with Gasteiger partial charge in [-0.05, 0) is 31.1 Å². The van der Waals surface area contributed by atoms with E-state index in [0.29, 0.717) is 5.25 Å². The Morgan fingerprint density at radius 3 is 2.60 bits per heavy atom. The van der Waals surface area contributed by atoms with Crippen LogP contribution in [0.2, 0.25) is 0 Å². The van der Waals surface area contributed by atoms with Gasteiger partial charge in [0.15, 0.2) is 0 Å². The fourth-order valence-electron chi connectivity index (χ4n) is 2.05. The summed E-state index contributed by atoms with van der Waals surface area (Å²) in [5.74, 6) is 1.28. The molecule has 2 N–H and O–H groups in total. The monoisotopic (exact) mass is 221 g/mol. The van der Waals surface area contributed by atoms with E-state index in [4.69, 9.17) is 5.73 Å². The molecule has 0 spiro atoms. The molecule has 1 aliphatic heterocycles. The molecule has 1 fully saturated rings. The van der Waals surface area contributed by atoms with Crippen LogP contribution in [-0.4, -0.2) is 11.0 Å². The van der Waals surface area contributed by atoms with E-state index in [1.807, 2.05) is 11.8 Å². The average molecular weight is 221 g/mol. The van der Waals surface area contributed by atoms with E-state index in [1.54, 1.807) is 0 Å². The fraction of sp³-hybridized carbons (Fsp3) is 0.538. The normalized spacial score (nSPS) is 23.7. The van der Waals surface area contributed by atoms with Crippen LogP contribution in [0.3, 0.4) is 0 Å². The lowest BCUT2D eigenvalue weighted by atomic mass is 9.99. The first-order valence-electron chi connectivity index (χ1n) is 5.71. The maximum absolute atomic E-state index is 6.30. The van der Waals surface area contributed by atoms with E-state index in [9.17, 15) is 0 Å². The Morgan fingerprint density at radius 2 is 2.00 bits per heavy atom. The van der Waals surface area contributed by atoms with Crippen molar-refractivity contribution in [2.45, 2.75) is 37.5 Å². The summed E-state index contributed by atoms with van der Waals surface area (Å²) in [5.41, 5.74) is 8.90. The third-order valence-electron chi connectivity index (χ3n) is 3.08. The fourth-order valence-corrected chi connectivity index (χ4v) is 3.42. The van der Waals surface area contributed by atoms with E-state index in [2.05, 4.69) is 31.2 Å². The number of thioether (sulfide) groups is 1. The van der Waals surface area contributed by atoms with Gasteiger partial charge in [0.25, 0.3) is 0 Å². The molecule has 1 aromatic carbocycles. The molecule has 1 saturated heterocycles. The third kappa shape index (κ3) is 2.76. The van der Waals surface area contributed by atoms with Crippen LogP contribution < -0.4 is 5.73 Å². The second-order valence-corrected chi connectivity index (χ2v) is 5.69. The molecule has 0 aliphatic carbocycles. The van der Waals surface area contributed by atoms with Gasteiger partial charge in [-0.2, -0.15) is 11.8 Å². The van der Waals surface area contributed by atoms with Crippen LogP contribution in [0.15, 0.2) is 24.3 Å². The van der Waals surface area contributed by atoms with E-state index < -0.39 is 0 Å². The molecule has 2 heteroatoms. The van der Waals surface area contributed by atoms with Gasteiger partial charge < -0.3 is 5.73 Å². The molecule has 2 rings (SSSR count). The first kappa shape index (κ1) is 11.0. The summed E-state index contributed by atoms with van der Waals surface area (Å²) in [7, 11) is 0. The summed E-state index contributed by atoms with van der Waals surface area (Å²) in [6, 6.07) is 8.88. The van der Waals surface area contributed by atoms with Gasteiger partial charge in [0.2, 0.25) is 0 Å². The highest BCUT2D eigenvalue weighted by Crippen LogP contribution is 2.33. The predicted molar refractivity (Wildman–Crippen MR) is 68.2 cm³/mol. The highest BCUT2D eigenvalue weighted by Gasteiger charge is 2.21. The Morgan fingerprint density at radius 1 is 1.27 bits per heavy atom. The number of nitrogens with two attached hydrogens (primary N) is 1. The molecule has 1 aliphatic rings. The molecule has 0 aromatic heterocycles. The van der Waals surface area contributed by atoms with Crippen LogP contribution in [0.5, 0.6) is 0 Å². The molecule has 1 heterocycles. The SMILES string of the molecule is Cc1ccc(C(N)C2CCCCS2)cc1. The van der Waals surface area contributed by atoms with Gasteiger partial charge in [0.1, 0.15) is 0 Å². The minimum absolute atomic E-state index is 0.218. The van der Waals surface area contributed by atoms with Crippen molar-refractivity contribution in [3.63, 3.8) is 0 Å². The van der Waals surface area contributed by atoms with Gasteiger partial charge in [0.05, 0.1) is 0 Å². The Labute approximate surface area is 96.4 Å². The van der Waals surface area contributed by atoms with E-state index in [1.165, 1.54) is 36.1 Å². The molecule has 1 nitrogen and oxygen atoms in total.